The summed E-state index contributed by atoms with van der Waals surface area (Å²) in [6.07, 6.45) is 9.91. The van der Waals surface area contributed by atoms with E-state index in [2.05, 4.69) is 69.4 Å². The lowest BCUT2D eigenvalue weighted by atomic mass is 9.93. The molecule has 0 radical (unpaired) electrons. The van der Waals surface area contributed by atoms with Crippen molar-refractivity contribution in [3.8, 4) is 0 Å². The van der Waals surface area contributed by atoms with Crippen LogP contribution in [0.3, 0.4) is 0 Å². The lowest BCUT2D eigenvalue weighted by molar-refractivity contribution is -0.124. The first kappa shape index (κ1) is 21.2. The molecule has 2 heteroatoms. The van der Waals surface area contributed by atoms with Crippen LogP contribution in [0, 0.1) is 25.7 Å². The number of amides is 1. The number of carbonyl (C=O) groups excluding carboxylic acids is 1. The van der Waals surface area contributed by atoms with Gasteiger partial charge in [0.25, 0.3) is 0 Å². The van der Waals surface area contributed by atoms with Gasteiger partial charge in [-0.3, -0.25) is 4.79 Å². The van der Waals surface area contributed by atoms with Crippen LogP contribution < -0.4 is 5.32 Å². The van der Waals surface area contributed by atoms with E-state index < -0.39 is 0 Å². The molecule has 1 N–H and O–H groups in total. The van der Waals surface area contributed by atoms with Crippen molar-refractivity contribution >= 4 is 11.5 Å². The Kier molecular flexibility index (Phi) is 9.26. The van der Waals surface area contributed by atoms with Gasteiger partial charge in [-0.05, 0) is 61.3 Å². The minimum atomic E-state index is 0.0502. The normalized spacial score (nSPS) is 13.5. The van der Waals surface area contributed by atoms with Gasteiger partial charge in [-0.1, -0.05) is 64.1 Å². The molecule has 0 aliphatic heterocycles. The van der Waals surface area contributed by atoms with Gasteiger partial charge in [-0.2, -0.15) is 0 Å². The minimum absolute atomic E-state index is 0.0502. The van der Waals surface area contributed by atoms with Crippen molar-refractivity contribution in [2.45, 2.75) is 60.8 Å². The number of rotatable bonds is 9. The van der Waals surface area contributed by atoms with E-state index in [1.54, 1.807) is 0 Å². The predicted molar refractivity (Wildman–Crippen MR) is 110 cm³/mol. The molecular formula is C23H35NO. The van der Waals surface area contributed by atoms with E-state index in [1.165, 1.54) is 22.3 Å². The van der Waals surface area contributed by atoms with Crippen LogP contribution in [0.25, 0.3) is 5.57 Å². The standard InChI is InChI=1S/C23H35NO/c1-7-9-10-21(22-12-11-18(5)19(6)15-22)16-20(8-2)13-14-24-23(25)17(3)4/h9-12,15-17,20H,7-8,13-14H2,1-6H3,(H,24,25)/b10-9-,21-16?. The first-order valence-electron chi connectivity index (χ1n) is 9.62. The zero-order chi connectivity index (χ0) is 18.8. The molecule has 0 aliphatic rings. The van der Waals surface area contributed by atoms with Crippen LogP contribution in [0.1, 0.15) is 63.6 Å². The lowest BCUT2D eigenvalue weighted by Crippen LogP contribution is -2.29. The Morgan fingerprint density at radius 2 is 1.88 bits per heavy atom. The number of nitrogens with one attached hydrogen (secondary N) is 1. The first-order chi connectivity index (χ1) is 11.9. The van der Waals surface area contributed by atoms with E-state index >= 15 is 0 Å². The minimum Gasteiger partial charge on any atom is -0.356 e. The molecule has 1 unspecified atom stereocenters. The van der Waals surface area contributed by atoms with Crippen molar-refractivity contribution in [2.75, 3.05) is 6.54 Å². The van der Waals surface area contributed by atoms with Crippen molar-refractivity contribution in [1.82, 2.24) is 5.32 Å². The fourth-order valence-electron chi connectivity index (χ4n) is 2.66. The van der Waals surface area contributed by atoms with E-state index in [-0.39, 0.29) is 11.8 Å². The summed E-state index contributed by atoms with van der Waals surface area (Å²) in [5.74, 6) is 0.652. The van der Waals surface area contributed by atoms with E-state index in [0.29, 0.717) is 5.92 Å². The van der Waals surface area contributed by atoms with Crippen LogP contribution in [-0.4, -0.2) is 12.5 Å². The Morgan fingerprint density at radius 3 is 2.44 bits per heavy atom. The molecule has 0 bridgehead atoms. The largest absolute Gasteiger partial charge is 0.356 e. The van der Waals surface area contributed by atoms with Crippen LogP contribution in [0.2, 0.25) is 0 Å². The number of aryl methyl sites for hydroxylation is 2. The molecule has 0 fully saturated rings. The van der Waals surface area contributed by atoms with Gasteiger partial charge in [0.2, 0.25) is 5.91 Å². The highest BCUT2D eigenvalue weighted by Gasteiger charge is 2.09. The van der Waals surface area contributed by atoms with Crippen molar-refractivity contribution in [1.29, 1.82) is 0 Å². The number of hydrogen-bond acceptors (Lipinski definition) is 1. The second kappa shape index (κ2) is 10.9. The van der Waals surface area contributed by atoms with Gasteiger partial charge in [-0.25, -0.2) is 0 Å². The third-order valence-corrected chi connectivity index (χ3v) is 4.65. The summed E-state index contributed by atoms with van der Waals surface area (Å²) in [6.45, 7) is 13.3. The van der Waals surface area contributed by atoms with Gasteiger partial charge in [0.15, 0.2) is 0 Å². The van der Waals surface area contributed by atoms with E-state index in [4.69, 9.17) is 0 Å². The van der Waals surface area contributed by atoms with E-state index in [0.717, 1.165) is 25.8 Å². The molecule has 1 aromatic carbocycles. The molecule has 0 spiro atoms. The average molecular weight is 342 g/mol. The summed E-state index contributed by atoms with van der Waals surface area (Å²) in [5.41, 5.74) is 5.21. The number of carbonyl (C=O) groups is 1. The predicted octanol–water partition coefficient (Wildman–Crippen LogP) is 5.84. The molecule has 0 aromatic heterocycles. The second-order valence-electron chi connectivity index (χ2n) is 7.13. The van der Waals surface area contributed by atoms with Crippen molar-refractivity contribution < 1.29 is 4.79 Å². The summed E-state index contributed by atoms with van der Waals surface area (Å²) in [4.78, 5) is 11.7. The third kappa shape index (κ3) is 7.29. The smallest absolute Gasteiger partial charge is 0.222 e. The Bertz CT molecular complexity index is 611. The zero-order valence-corrected chi connectivity index (χ0v) is 16.9. The summed E-state index contributed by atoms with van der Waals surface area (Å²) in [5, 5.41) is 3.03. The van der Waals surface area contributed by atoms with Crippen LogP contribution in [0.5, 0.6) is 0 Å². The molecule has 0 saturated carbocycles. The number of benzene rings is 1. The second-order valence-corrected chi connectivity index (χ2v) is 7.13. The first-order valence-corrected chi connectivity index (χ1v) is 9.62. The fraction of sp³-hybridized carbons (Fsp3) is 0.522. The van der Waals surface area contributed by atoms with Crippen molar-refractivity contribution in [3.05, 3.63) is 53.1 Å². The van der Waals surface area contributed by atoms with Crippen LogP contribution in [0.15, 0.2) is 36.4 Å². The van der Waals surface area contributed by atoms with Gasteiger partial charge in [0.1, 0.15) is 0 Å². The highest BCUT2D eigenvalue weighted by molar-refractivity contribution is 5.77. The highest BCUT2D eigenvalue weighted by atomic mass is 16.1. The molecule has 25 heavy (non-hydrogen) atoms. The molecule has 1 rings (SSSR count). The zero-order valence-electron chi connectivity index (χ0n) is 16.9. The van der Waals surface area contributed by atoms with Crippen molar-refractivity contribution in [3.63, 3.8) is 0 Å². The Labute approximate surface area is 154 Å². The maximum atomic E-state index is 11.7. The molecule has 2 nitrogen and oxygen atoms in total. The lowest BCUT2D eigenvalue weighted by Gasteiger charge is -2.15. The molecule has 0 aliphatic carbocycles. The SMILES string of the molecule is CC/C=C\C(=CC(CC)CCNC(=O)C(C)C)c1ccc(C)c(C)c1. The fourth-order valence-corrected chi connectivity index (χ4v) is 2.66. The van der Waals surface area contributed by atoms with Crippen molar-refractivity contribution in [2.24, 2.45) is 11.8 Å². The Morgan fingerprint density at radius 1 is 1.16 bits per heavy atom. The molecule has 138 valence electrons. The maximum absolute atomic E-state index is 11.7. The number of hydrogen-bond donors (Lipinski definition) is 1. The number of allylic oxidation sites excluding steroid dienone is 4. The van der Waals surface area contributed by atoms with Gasteiger partial charge >= 0.3 is 0 Å². The van der Waals surface area contributed by atoms with Gasteiger partial charge in [0.05, 0.1) is 0 Å². The van der Waals surface area contributed by atoms with Gasteiger partial charge in [0, 0.05) is 12.5 Å². The quantitative estimate of drug-likeness (QED) is 0.562. The Hall–Kier alpha value is -1.83. The van der Waals surface area contributed by atoms with Gasteiger partial charge < -0.3 is 5.32 Å². The summed E-state index contributed by atoms with van der Waals surface area (Å²) in [6, 6.07) is 6.68. The molecule has 1 atom stereocenters. The average Bonchev–Trinajstić information content (AvgIpc) is 2.59. The topological polar surface area (TPSA) is 29.1 Å². The molecule has 1 amide bonds. The van der Waals surface area contributed by atoms with E-state index in [1.807, 2.05) is 13.8 Å². The van der Waals surface area contributed by atoms with Crippen LogP contribution >= 0.6 is 0 Å². The molecule has 0 saturated heterocycles. The maximum Gasteiger partial charge on any atom is 0.222 e. The molecule has 1 aromatic rings. The van der Waals surface area contributed by atoms with Gasteiger partial charge in [-0.15, -0.1) is 0 Å². The highest BCUT2D eigenvalue weighted by Crippen LogP contribution is 2.23. The third-order valence-electron chi connectivity index (χ3n) is 4.65. The summed E-state index contributed by atoms with van der Waals surface area (Å²) in [7, 11) is 0. The summed E-state index contributed by atoms with van der Waals surface area (Å²) < 4.78 is 0. The monoisotopic (exact) mass is 341 g/mol. The van der Waals surface area contributed by atoms with Crippen LogP contribution in [0.4, 0.5) is 0 Å². The molecular weight excluding hydrogens is 306 g/mol. The molecule has 0 heterocycles. The summed E-state index contributed by atoms with van der Waals surface area (Å²) >= 11 is 0. The van der Waals surface area contributed by atoms with Crippen LogP contribution in [-0.2, 0) is 4.79 Å². The Balaban J connectivity index is 2.92. The van der Waals surface area contributed by atoms with E-state index in [9.17, 15) is 4.79 Å².